The molecule has 0 bridgehead atoms. The minimum absolute atomic E-state index is 0.518. The topological polar surface area (TPSA) is 9.23 Å². The molecule has 1 nitrogen and oxygen atoms in total. The second-order valence-electron chi connectivity index (χ2n) is 1.21. The Morgan fingerprint density at radius 1 is 1.75 bits per heavy atom. The highest BCUT2D eigenvalue weighted by Crippen LogP contribution is 2.01. The standard InChI is InChI=1S/C4H8Cl2OSi/c1-2-3-8-7-4(5)6/h2,4H,1,3,8H2. The van der Waals surface area contributed by atoms with Gasteiger partial charge in [0, 0.05) is 0 Å². The zero-order chi connectivity index (χ0) is 6.41. The fourth-order valence-corrected chi connectivity index (χ4v) is 1.26. The monoisotopic (exact) mass is 170 g/mol. The van der Waals surface area contributed by atoms with E-state index in [0.717, 1.165) is 6.04 Å². The summed E-state index contributed by atoms with van der Waals surface area (Å²) in [5.41, 5.74) is 0. The van der Waals surface area contributed by atoms with Gasteiger partial charge in [0.05, 0.1) is 0 Å². The predicted molar refractivity (Wildman–Crippen MR) is 40.1 cm³/mol. The van der Waals surface area contributed by atoms with Crippen molar-refractivity contribution in [3.05, 3.63) is 12.7 Å². The Labute approximate surface area is 61.6 Å². The molecule has 0 saturated carbocycles. The van der Waals surface area contributed by atoms with E-state index in [0.29, 0.717) is 0 Å². The molecular formula is C4H8Cl2OSi. The molecule has 0 amide bonds. The molecule has 0 fully saturated rings. The molecule has 0 aromatic rings. The Morgan fingerprint density at radius 3 is 2.75 bits per heavy atom. The molecule has 4 heteroatoms. The Balaban J connectivity index is 2.81. The number of halogens is 2. The number of hydrogen-bond acceptors (Lipinski definition) is 1. The number of rotatable bonds is 4. The highest BCUT2D eigenvalue weighted by atomic mass is 35.5. The Morgan fingerprint density at radius 2 is 2.38 bits per heavy atom. The highest BCUT2D eigenvalue weighted by Gasteiger charge is 1.93. The van der Waals surface area contributed by atoms with Gasteiger partial charge in [0.25, 0.3) is 0 Å². The SMILES string of the molecule is C=CC[SiH2]OC(Cl)Cl. The molecule has 0 aliphatic carbocycles. The van der Waals surface area contributed by atoms with Crippen LogP contribution in [0.15, 0.2) is 12.7 Å². The summed E-state index contributed by atoms with van der Waals surface area (Å²) in [5, 5.41) is -0.637. The molecule has 0 aliphatic rings. The third-order valence-electron chi connectivity index (χ3n) is 0.566. The van der Waals surface area contributed by atoms with E-state index >= 15 is 0 Å². The van der Waals surface area contributed by atoms with E-state index in [1.54, 1.807) is 0 Å². The van der Waals surface area contributed by atoms with E-state index in [-0.39, 0.29) is 0 Å². The van der Waals surface area contributed by atoms with Gasteiger partial charge in [-0.3, -0.25) is 0 Å². The molecule has 0 aromatic carbocycles. The molecular weight excluding hydrogens is 163 g/mol. The maximum Gasteiger partial charge on any atom is 0.197 e. The van der Waals surface area contributed by atoms with Crippen molar-refractivity contribution in [2.24, 2.45) is 0 Å². The first-order chi connectivity index (χ1) is 3.77. The van der Waals surface area contributed by atoms with Crippen molar-refractivity contribution in [3.8, 4) is 0 Å². The van der Waals surface area contributed by atoms with Crippen molar-refractivity contribution >= 4 is 33.0 Å². The maximum absolute atomic E-state index is 5.26. The Bertz CT molecular complexity index is 67.1. The summed E-state index contributed by atoms with van der Waals surface area (Å²) < 4.78 is 4.88. The van der Waals surface area contributed by atoms with E-state index in [1.165, 1.54) is 0 Å². The maximum atomic E-state index is 5.26. The fourth-order valence-electron chi connectivity index (χ4n) is 0.240. The number of hydrogen-bond donors (Lipinski definition) is 0. The lowest BCUT2D eigenvalue weighted by molar-refractivity contribution is 0.377. The van der Waals surface area contributed by atoms with Gasteiger partial charge in [0.2, 0.25) is 0 Å². The van der Waals surface area contributed by atoms with Gasteiger partial charge < -0.3 is 4.43 Å². The van der Waals surface area contributed by atoms with Gasteiger partial charge in [-0.25, -0.2) is 0 Å². The highest BCUT2D eigenvalue weighted by molar-refractivity contribution is 6.45. The van der Waals surface area contributed by atoms with Crippen LogP contribution in [0.2, 0.25) is 6.04 Å². The Hall–Kier alpha value is 0.497. The second-order valence-corrected chi connectivity index (χ2v) is 3.54. The van der Waals surface area contributed by atoms with Crippen LogP contribution in [0.1, 0.15) is 0 Å². The van der Waals surface area contributed by atoms with Crippen LogP contribution < -0.4 is 0 Å². The number of alkyl halides is 2. The number of allylic oxidation sites excluding steroid dienone is 1. The van der Waals surface area contributed by atoms with Crippen molar-refractivity contribution in [3.63, 3.8) is 0 Å². The first kappa shape index (κ1) is 8.50. The van der Waals surface area contributed by atoms with Gasteiger partial charge in [0.15, 0.2) is 14.8 Å². The van der Waals surface area contributed by atoms with Crippen molar-refractivity contribution in [1.82, 2.24) is 0 Å². The molecule has 8 heavy (non-hydrogen) atoms. The quantitative estimate of drug-likeness (QED) is 0.269. The zero-order valence-corrected chi connectivity index (χ0v) is 7.37. The van der Waals surface area contributed by atoms with Crippen LogP contribution in [0.3, 0.4) is 0 Å². The van der Waals surface area contributed by atoms with Gasteiger partial charge in [-0.1, -0.05) is 29.3 Å². The lowest BCUT2D eigenvalue weighted by atomic mass is 10.8. The van der Waals surface area contributed by atoms with Gasteiger partial charge in [0.1, 0.15) is 0 Å². The van der Waals surface area contributed by atoms with Gasteiger partial charge in [-0.2, -0.15) is 0 Å². The smallest absolute Gasteiger partial charge is 0.197 e. The van der Waals surface area contributed by atoms with Crippen LogP contribution in [-0.4, -0.2) is 14.8 Å². The second kappa shape index (κ2) is 5.63. The van der Waals surface area contributed by atoms with Gasteiger partial charge in [-0.05, 0) is 6.04 Å². The summed E-state index contributed by atoms with van der Waals surface area (Å²) in [6, 6.07) is 0.927. The molecule has 0 aliphatic heterocycles. The van der Waals surface area contributed by atoms with E-state index in [1.807, 2.05) is 6.08 Å². The van der Waals surface area contributed by atoms with Crippen molar-refractivity contribution in [2.45, 2.75) is 11.1 Å². The largest absolute Gasteiger partial charge is 0.397 e. The van der Waals surface area contributed by atoms with E-state index in [2.05, 4.69) is 6.58 Å². The molecule has 0 spiro atoms. The van der Waals surface area contributed by atoms with Crippen LogP contribution in [0.5, 0.6) is 0 Å². The average molecular weight is 171 g/mol. The zero-order valence-electron chi connectivity index (χ0n) is 4.44. The lowest BCUT2D eigenvalue weighted by Crippen LogP contribution is -2.00. The molecule has 0 saturated heterocycles. The fraction of sp³-hybridized carbons (Fsp3) is 0.500. The molecule has 48 valence electrons. The van der Waals surface area contributed by atoms with Crippen molar-refractivity contribution < 1.29 is 4.43 Å². The molecule has 0 heterocycles. The van der Waals surface area contributed by atoms with Crippen LogP contribution >= 0.6 is 23.2 Å². The van der Waals surface area contributed by atoms with Gasteiger partial charge >= 0.3 is 0 Å². The molecule has 0 unspecified atom stereocenters. The molecule has 0 radical (unpaired) electrons. The first-order valence-corrected chi connectivity index (χ1v) is 4.73. The van der Waals surface area contributed by atoms with Crippen molar-refractivity contribution in [2.75, 3.05) is 0 Å². The summed E-state index contributed by atoms with van der Waals surface area (Å²) in [7, 11) is -0.518. The van der Waals surface area contributed by atoms with E-state index in [9.17, 15) is 0 Å². The summed E-state index contributed by atoms with van der Waals surface area (Å²) in [5.74, 6) is 0. The van der Waals surface area contributed by atoms with Gasteiger partial charge in [-0.15, -0.1) is 6.58 Å². The predicted octanol–water partition coefficient (Wildman–Crippen LogP) is 1.45. The normalized spacial score (nSPS) is 11.4. The van der Waals surface area contributed by atoms with Crippen molar-refractivity contribution in [1.29, 1.82) is 0 Å². The summed E-state index contributed by atoms with van der Waals surface area (Å²) in [4.78, 5) is 0. The van der Waals surface area contributed by atoms with Crippen LogP contribution in [0, 0.1) is 0 Å². The summed E-state index contributed by atoms with van der Waals surface area (Å²) in [6.07, 6.45) is 1.81. The third kappa shape index (κ3) is 6.50. The van der Waals surface area contributed by atoms with E-state index < -0.39 is 14.8 Å². The first-order valence-electron chi connectivity index (χ1n) is 2.28. The average Bonchev–Trinajstić information content (AvgIpc) is 1.66. The van der Waals surface area contributed by atoms with E-state index in [4.69, 9.17) is 27.6 Å². The minimum Gasteiger partial charge on any atom is -0.397 e. The van der Waals surface area contributed by atoms with Crippen LogP contribution in [0.4, 0.5) is 0 Å². The summed E-state index contributed by atoms with van der Waals surface area (Å²) >= 11 is 10.5. The molecule has 0 N–H and O–H groups in total. The molecule has 0 rings (SSSR count). The van der Waals surface area contributed by atoms with Crippen LogP contribution in [-0.2, 0) is 4.43 Å². The molecule has 0 atom stereocenters. The Kier molecular flexibility index (Phi) is 5.98. The lowest BCUT2D eigenvalue weighted by Gasteiger charge is -1.98. The minimum atomic E-state index is -0.637. The third-order valence-corrected chi connectivity index (χ3v) is 2.45. The van der Waals surface area contributed by atoms with Crippen LogP contribution in [0.25, 0.3) is 0 Å². The molecule has 0 aromatic heterocycles. The summed E-state index contributed by atoms with van der Waals surface area (Å²) in [6.45, 7) is 3.53.